The summed E-state index contributed by atoms with van der Waals surface area (Å²) in [4.78, 5) is 11.7. The number of nitrogens with zero attached hydrogens (tertiary/aromatic N) is 5. The zero-order valence-electron chi connectivity index (χ0n) is 15.9. The molecule has 9 heteroatoms. The Kier molecular flexibility index (Phi) is 6.94. The van der Waals surface area contributed by atoms with E-state index in [1.165, 1.54) is 9.75 Å². The molecule has 0 radical (unpaired) electrons. The second-order valence-electron chi connectivity index (χ2n) is 6.18. The fourth-order valence-electron chi connectivity index (χ4n) is 2.48. The molecule has 2 N–H and O–H groups in total. The van der Waals surface area contributed by atoms with E-state index < -0.39 is 0 Å². The number of hydrogen-bond acceptors (Lipinski definition) is 6. The highest BCUT2D eigenvalue weighted by atomic mass is 32.1. The minimum atomic E-state index is 0.488. The molecule has 144 valence electrons. The maximum absolute atomic E-state index is 4.68. The van der Waals surface area contributed by atoms with Gasteiger partial charge in [-0.3, -0.25) is 0 Å². The Bertz CT molecular complexity index is 864. The van der Waals surface area contributed by atoms with Gasteiger partial charge in [0.1, 0.15) is 12.4 Å². The van der Waals surface area contributed by atoms with Gasteiger partial charge in [-0.25, -0.2) is 9.98 Å². The first-order chi connectivity index (χ1) is 13.1. The minimum Gasteiger partial charge on any atom is -0.356 e. The number of hydrogen-bond donors (Lipinski definition) is 2. The van der Waals surface area contributed by atoms with Crippen molar-refractivity contribution in [3.8, 4) is 0 Å². The molecule has 0 amide bonds. The van der Waals surface area contributed by atoms with E-state index in [9.17, 15) is 0 Å². The maximum atomic E-state index is 4.68. The molecule has 0 spiro atoms. The van der Waals surface area contributed by atoms with Gasteiger partial charge < -0.3 is 15.2 Å². The van der Waals surface area contributed by atoms with Crippen LogP contribution in [0.15, 0.2) is 28.7 Å². The van der Waals surface area contributed by atoms with Crippen LogP contribution in [-0.4, -0.2) is 38.8 Å². The second-order valence-corrected chi connectivity index (χ2v) is 8.54. The van der Waals surface area contributed by atoms with Crippen LogP contribution in [0.2, 0.25) is 0 Å². The summed E-state index contributed by atoms with van der Waals surface area (Å²) >= 11 is 3.52. The van der Waals surface area contributed by atoms with Crippen molar-refractivity contribution in [3.63, 3.8) is 0 Å². The number of rotatable bonds is 8. The topological polar surface area (TPSA) is 80.0 Å². The van der Waals surface area contributed by atoms with Gasteiger partial charge in [-0.05, 0) is 31.7 Å². The fourth-order valence-corrected chi connectivity index (χ4v) is 3.97. The lowest BCUT2D eigenvalue weighted by Gasteiger charge is -2.12. The third-order valence-electron chi connectivity index (χ3n) is 4.11. The smallest absolute Gasteiger partial charge is 0.191 e. The van der Waals surface area contributed by atoms with Gasteiger partial charge in [0.05, 0.1) is 5.01 Å². The molecule has 0 aliphatic heterocycles. The van der Waals surface area contributed by atoms with E-state index >= 15 is 0 Å². The van der Waals surface area contributed by atoms with Crippen molar-refractivity contribution in [3.05, 3.63) is 50.1 Å². The van der Waals surface area contributed by atoms with Gasteiger partial charge in [0.2, 0.25) is 0 Å². The summed E-state index contributed by atoms with van der Waals surface area (Å²) in [6.45, 7) is 6.13. The van der Waals surface area contributed by atoms with Crippen LogP contribution in [0.3, 0.4) is 0 Å². The normalized spacial score (nSPS) is 11.7. The maximum Gasteiger partial charge on any atom is 0.191 e. The highest BCUT2D eigenvalue weighted by Gasteiger charge is 2.06. The van der Waals surface area contributed by atoms with Gasteiger partial charge in [-0.1, -0.05) is 6.07 Å². The molecule has 0 fully saturated rings. The summed E-state index contributed by atoms with van der Waals surface area (Å²) < 4.78 is 1.96. The van der Waals surface area contributed by atoms with E-state index in [1.807, 2.05) is 24.7 Å². The minimum absolute atomic E-state index is 0.488. The van der Waals surface area contributed by atoms with Crippen molar-refractivity contribution in [2.24, 2.45) is 12.0 Å². The average Bonchev–Trinajstić information content (AvgIpc) is 3.38. The summed E-state index contributed by atoms with van der Waals surface area (Å²) in [5.41, 5.74) is 0. The van der Waals surface area contributed by atoms with Gasteiger partial charge in [-0.2, -0.15) is 0 Å². The van der Waals surface area contributed by atoms with Gasteiger partial charge in [0.15, 0.2) is 11.8 Å². The summed E-state index contributed by atoms with van der Waals surface area (Å²) in [6.07, 6.45) is 3.78. The molecule has 3 aromatic rings. The van der Waals surface area contributed by atoms with Crippen LogP contribution < -0.4 is 10.6 Å². The first kappa shape index (κ1) is 19.5. The van der Waals surface area contributed by atoms with E-state index in [4.69, 9.17) is 0 Å². The molecule has 0 saturated heterocycles. The van der Waals surface area contributed by atoms with E-state index in [-0.39, 0.29) is 0 Å². The number of thiazole rings is 1. The number of thiophene rings is 1. The van der Waals surface area contributed by atoms with Crippen LogP contribution in [0.1, 0.15) is 26.4 Å². The Balaban J connectivity index is 1.56. The predicted molar refractivity (Wildman–Crippen MR) is 111 cm³/mol. The van der Waals surface area contributed by atoms with Gasteiger partial charge in [0.25, 0.3) is 0 Å². The molecule has 3 aromatic heterocycles. The average molecular weight is 404 g/mol. The van der Waals surface area contributed by atoms with E-state index in [1.54, 1.807) is 22.7 Å². The predicted octanol–water partition coefficient (Wildman–Crippen LogP) is 2.47. The molecule has 27 heavy (non-hydrogen) atoms. The highest BCUT2D eigenvalue weighted by molar-refractivity contribution is 7.11. The Labute approximate surface area is 167 Å². The molecular formula is C18H25N7S2. The van der Waals surface area contributed by atoms with Crippen molar-refractivity contribution in [2.75, 3.05) is 13.1 Å². The van der Waals surface area contributed by atoms with Gasteiger partial charge in [-0.15, -0.1) is 32.9 Å². The second kappa shape index (κ2) is 9.61. The van der Waals surface area contributed by atoms with Crippen LogP contribution in [0.4, 0.5) is 0 Å². The third kappa shape index (κ3) is 5.86. The zero-order chi connectivity index (χ0) is 19.1. The summed E-state index contributed by atoms with van der Waals surface area (Å²) in [5, 5.41) is 18.3. The van der Waals surface area contributed by atoms with Crippen LogP contribution in [0.25, 0.3) is 0 Å². The monoisotopic (exact) mass is 403 g/mol. The number of aromatic nitrogens is 4. The fraction of sp³-hybridized carbons (Fsp3) is 0.444. The molecule has 0 atom stereocenters. The summed E-state index contributed by atoms with van der Waals surface area (Å²) in [6, 6.07) is 4.24. The Hall–Kier alpha value is -2.26. The summed E-state index contributed by atoms with van der Waals surface area (Å²) in [5.74, 6) is 2.53. The molecule has 0 aliphatic rings. The number of guanidine groups is 1. The Morgan fingerprint density at radius 1 is 1.19 bits per heavy atom. The molecule has 3 heterocycles. The largest absolute Gasteiger partial charge is 0.356 e. The molecule has 0 saturated carbocycles. The van der Waals surface area contributed by atoms with Crippen molar-refractivity contribution < 1.29 is 0 Å². The van der Waals surface area contributed by atoms with Gasteiger partial charge >= 0.3 is 0 Å². The van der Waals surface area contributed by atoms with Crippen molar-refractivity contribution in [1.29, 1.82) is 0 Å². The van der Waals surface area contributed by atoms with Crippen molar-refractivity contribution in [2.45, 2.75) is 33.2 Å². The van der Waals surface area contributed by atoms with E-state index in [0.29, 0.717) is 6.54 Å². The molecule has 7 nitrogen and oxygen atoms in total. The SMILES string of the molecule is Cc1cnc(CCNC(=NCc2nnc(C)n2C)NCCc2cccs2)s1. The summed E-state index contributed by atoms with van der Waals surface area (Å²) in [7, 11) is 1.96. The van der Waals surface area contributed by atoms with Crippen molar-refractivity contribution in [1.82, 2.24) is 30.4 Å². The number of aryl methyl sites for hydroxylation is 2. The van der Waals surface area contributed by atoms with Gasteiger partial charge in [0, 0.05) is 42.5 Å². The molecule has 0 unspecified atom stereocenters. The first-order valence-electron chi connectivity index (χ1n) is 8.92. The Morgan fingerprint density at radius 2 is 2.00 bits per heavy atom. The van der Waals surface area contributed by atoms with Crippen LogP contribution in [-0.2, 0) is 26.4 Å². The van der Waals surface area contributed by atoms with Crippen molar-refractivity contribution >= 4 is 28.6 Å². The van der Waals surface area contributed by atoms with Crippen LogP contribution >= 0.6 is 22.7 Å². The first-order valence-corrected chi connectivity index (χ1v) is 10.6. The molecule has 0 aromatic carbocycles. The quantitative estimate of drug-likeness (QED) is 0.446. The lowest BCUT2D eigenvalue weighted by atomic mass is 10.3. The number of aliphatic imine (C=N–C) groups is 1. The highest BCUT2D eigenvalue weighted by Crippen LogP contribution is 2.11. The van der Waals surface area contributed by atoms with E-state index in [0.717, 1.165) is 48.5 Å². The number of nitrogens with one attached hydrogen (secondary N) is 2. The third-order valence-corrected chi connectivity index (χ3v) is 6.01. The molecule has 0 aliphatic carbocycles. The molecular weight excluding hydrogens is 378 g/mol. The zero-order valence-corrected chi connectivity index (χ0v) is 17.5. The van der Waals surface area contributed by atoms with Crippen LogP contribution in [0.5, 0.6) is 0 Å². The molecule has 0 bridgehead atoms. The van der Waals surface area contributed by atoms with E-state index in [2.05, 4.69) is 55.2 Å². The van der Waals surface area contributed by atoms with Crippen LogP contribution in [0, 0.1) is 13.8 Å². The standard InChI is InChI=1S/C18H25N7S2/c1-13-11-21-17(27-13)7-9-20-18(19-8-6-15-5-4-10-26-15)22-12-16-24-23-14(2)25(16)3/h4-5,10-11H,6-9,12H2,1-3H3,(H2,19,20,22). The lowest BCUT2D eigenvalue weighted by molar-refractivity contribution is 0.745. The Morgan fingerprint density at radius 3 is 2.63 bits per heavy atom. The lowest BCUT2D eigenvalue weighted by Crippen LogP contribution is -2.39. The molecule has 3 rings (SSSR count).